The third-order valence-electron chi connectivity index (χ3n) is 9.42. The molecule has 0 aliphatic heterocycles. The largest absolute Gasteiger partial charge is 0.278 e. The lowest BCUT2D eigenvalue weighted by molar-refractivity contribution is 0.893. The number of rotatable bonds is 6. The lowest BCUT2D eigenvalue weighted by atomic mass is 9.99. The number of aromatic nitrogens is 5. The molecule has 11 rings (SSSR count). The fraction of sp³-hybridized carbons (Fsp3) is 0. The molecule has 56 heavy (non-hydrogen) atoms. The van der Waals surface area contributed by atoms with Crippen molar-refractivity contribution in [1.29, 1.82) is 0 Å². The summed E-state index contributed by atoms with van der Waals surface area (Å²) in [6.45, 7) is 0. The summed E-state index contributed by atoms with van der Waals surface area (Å²) in [5.74, 6) is -1.36. The average Bonchev–Trinajstić information content (AvgIpc) is 4.00. The van der Waals surface area contributed by atoms with Gasteiger partial charge in [0.1, 0.15) is 0 Å². The Hall–Kier alpha value is -7.63. The Morgan fingerprint density at radius 1 is 0.321 bits per heavy atom. The minimum absolute atomic E-state index is 0.223. The third kappa shape index (κ3) is 5.29. The molecule has 0 bridgehead atoms. The summed E-state index contributed by atoms with van der Waals surface area (Å²) in [5.41, 5.74) is 0.874. The van der Waals surface area contributed by atoms with Crippen LogP contribution in [0.5, 0.6) is 0 Å². The highest BCUT2D eigenvalue weighted by Gasteiger charge is 2.21. The van der Waals surface area contributed by atoms with Gasteiger partial charge in [-0.15, -0.1) is 0 Å². The molecule has 3 heterocycles. The van der Waals surface area contributed by atoms with Gasteiger partial charge in [0.2, 0.25) is 11.9 Å². The first-order chi connectivity index (χ1) is 36.1. The lowest BCUT2D eigenvalue weighted by Crippen LogP contribution is -2.10. The van der Waals surface area contributed by atoms with Crippen molar-refractivity contribution in [1.82, 2.24) is 24.1 Å². The Morgan fingerprint density at radius 3 is 1.29 bits per heavy atom. The van der Waals surface area contributed by atoms with Gasteiger partial charge in [0.05, 0.1) is 49.5 Å². The van der Waals surface area contributed by atoms with E-state index in [1.165, 1.54) is 0 Å². The smallest absolute Gasteiger partial charge is 0.240 e. The van der Waals surface area contributed by atoms with Crippen molar-refractivity contribution in [2.75, 3.05) is 0 Å². The first-order valence-corrected chi connectivity index (χ1v) is 17.2. The van der Waals surface area contributed by atoms with Gasteiger partial charge in [-0.05, 0) is 57.6 Å². The van der Waals surface area contributed by atoms with E-state index in [1.54, 1.807) is 24.3 Å². The van der Waals surface area contributed by atoms with Gasteiger partial charge in [-0.1, -0.05) is 176 Å². The molecule has 0 aliphatic rings. The van der Waals surface area contributed by atoms with E-state index in [1.807, 2.05) is 54.6 Å². The van der Waals surface area contributed by atoms with E-state index in [9.17, 15) is 8.22 Å². The van der Waals surface area contributed by atoms with Crippen molar-refractivity contribution in [3.63, 3.8) is 0 Å². The molecule has 5 heteroatoms. The zero-order chi connectivity index (χ0) is 54.4. The van der Waals surface area contributed by atoms with Crippen LogP contribution in [0.3, 0.4) is 0 Å². The number of para-hydroxylation sites is 3. The second kappa shape index (κ2) is 13.0. The van der Waals surface area contributed by atoms with E-state index in [-0.39, 0.29) is 38.6 Å². The Kier molecular flexibility index (Phi) is 4.12. The Labute approximate surface area is 351 Å². The molecule has 0 N–H and O–H groups in total. The highest BCUT2D eigenvalue weighted by molar-refractivity contribution is 6.10. The van der Waals surface area contributed by atoms with Crippen molar-refractivity contribution in [3.05, 3.63) is 200 Å². The van der Waals surface area contributed by atoms with Gasteiger partial charge in [0, 0.05) is 27.1 Å². The van der Waals surface area contributed by atoms with Gasteiger partial charge in [-0.25, -0.2) is 0 Å². The summed E-state index contributed by atoms with van der Waals surface area (Å²) >= 11 is 0. The van der Waals surface area contributed by atoms with E-state index >= 15 is 0 Å². The van der Waals surface area contributed by atoms with Crippen LogP contribution in [0.25, 0.3) is 100 Å². The van der Waals surface area contributed by atoms with Gasteiger partial charge in [0.25, 0.3) is 0 Å². The molecule has 0 spiro atoms. The molecule has 0 saturated carbocycles. The Morgan fingerprint density at radius 2 is 0.750 bits per heavy atom. The summed E-state index contributed by atoms with van der Waals surface area (Å²) < 4.78 is 180. The number of hydrogen-bond acceptors (Lipinski definition) is 3. The van der Waals surface area contributed by atoms with Crippen LogP contribution in [-0.4, -0.2) is 24.1 Å². The number of benzene rings is 8. The topological polar surface area (TPSA) is 48.5 Å². The predicted octanol–water partition coefficient (Wildman–Crippen LogP) is 12.7. The van der Waals surface area contributed by atoms with E-state index < -0.39 is 160 Å². The van der Waals surface area contributed by atoms with Gasteiger partial charge in [-0.2, -0.15) is 15.0 Å². The minimum Gasteiger partial charge on any atom is -0.278 e. The first kappa shape index (κ1) is 17.7. The van der Waals surface area contributed by atoms with Crippen LogP contribution in [0.2, 0.25) is 0 Å². The predicted molar refractivity (Wildman–Crippen MR) is 230 cm³/mol. The van der Waals surface area contributed by atoms with E-state index in [2.05, 4.69) is 0 Å². The van der Waals surface area contributed by atoms with Crippen molar-refractivity contribution >= 4 is 43.6 Å². The van der Waals surface area contributed by atoms with Gasteiger partial charge < -0.3 is 0 Å². The summed E-state index contributed by atoms with van der Waals surface area (Å²) in [7, 11) is 0. The maximum atomic E-state index is 9.84. The molecule has 0 saturated heterocycles. The molecule has 11 aromatic rings. The molecular weight excluding hydrogens is 683 g/mol. The molecule has 0 amide bonds. The molecule has 0 atom stereocenters. The number of fused-ring (bicyclic) bond motifs is 6. The standard InChI is InChI=1S/C51H33N5/c1-3-13-34(14-4-1)36-23-25-37(26-24-36)38-27-29-39(30-28-38)49-52-50(55-45-20-10-7-17-41(45)42-18-8-11-21-46(42)55)54-51(53-49)56-47-22-12-9-19-43(47)44-32-31-40(33-48(44)56)35-15-5-2-6-16-35/h1-33H/i2D,5D,6D,7D,8D,9D,10D,11D,12D,15D,16D,17D,18D,19D,20D,21D,22D,31D,32D,33D. The molecular formula is C51H33N5. The molecule has 8 aromatic carbocycles. The molecule has 0 aliphatic carbocycles. The molecule has 0 radical (unpaired) electrons. The SMILES string of the molecule is [2H]c1c([2H])c([2H])c(-c2c([2H])c([2H])c3c4c([2H])c([2H])c([2H])c([2H])c4n(-c4nc(-c5ccc(-c6ccc(-c7ccccc7)cc6)cc5)nc(-n5c6c([2H])c([2H])c([2H])c([2H])c6c6c([2H])c([2H])c([2H])c([2H])c65)n4)c3c2[2H])c([2H])c1[2H]. The van der Waals surface area contributed by atoms with E-state index in [0.717, 1.165) is 31.4 Å². The van der Waals surface area contributed by atoms with Crippen LogP contribution in [0.4, 0.5) is 0 Å². The Balaban J connectivity index is 1.29. The number of nitrogens with zero attached hydrogens (tertiary/aromatic N) is 5. The van der Waals surface area contributed by atoms with Gasteiger partial charge >= 0.3 is 0 Å². The molecule has 0 fully saturated rings. The van der Waals surface area contributed by atoms with E-state index in [0.29, 0.717) is 0 Å². The molecule has 262 valence electrons. The quantitative estimate of drug-likeness (QED) is 0.171. The summed E-state index contributed by atoms with van der Waals surface area (Å²) in [6.07, 6.45) is 0. The maximum Gasteiger partial charge on any atom is 0.240 e. The number of hydrogen-bond donors (Lipinski definition) is 0. The van der Waals surface area contributed by atoms with Crippen LogP contribution in [0.1, 0.15) is 27.4 Å². The average molecular weight is 736 g/mol. The zero-order valence-corrected chi connectivity index (χ0v) is 28.7. The first-order valence-electron chi connectivity index (χ1n) is 27.2. The highest BCUT2D eigenvalue weighted by atomic mass is 15.3. The zero-order valence-electron chi connectivity index (χ0n) is 48.7. The van der Waals surface area contributed by atoms with Crippen molar-refractivity contribution in [3.8, 4) is 56.7 Å². The lowest BCUT2D eigenvalue weighted by Gasteiger charge is -2.13. The van der Waals surface area contributed by atoms with Crippen LogP contribution in [0.15, 0.2) is 200 Å². The minimum atomic E-state index is -0.820. The maximum absolute atomic E-state index is 9.84. The van der Waals surface area contributed by atoms with Crippen LogP contribution >= 0.6 is 0 Å². The van der Waals surface area contributed by atoms with Crippen molar-refractivity contribution in [2.24, 2.45) is 0 Å². The van der Waals surface area contributed by atoms with Crippen LogP contribution < -0.4 is 0 Å². The summed E-state index contributed by atoms with van der Waals surface area (Å²) in [5, 5.41) is -1.42. The summed E-state index contributed by atoms with van der Waals surface area (Å²) in [6, 6.07) is 9.36. The fourth-order valence-corrected chi connectivity index (χ4v) is 6.81. The van der Waals surface area contributed by atoms with E-state index in [4.69, 9.17) is 34.1 Å². The highest BCUT2D eigenvalue weighted by Crippen LogP contribution is 2.36. The monoisotopic (exact) mass is 735 g/mol. The van der Waals surface area contributed by atoms with Crippen molar-refractivity contribution < 1.29 is 27.4 Å². The fourth-order valence-electron chi connectivity index (χ4n) is 6.81. The Bertz CT molecular complexity index is 4280. The van der Waals surface area contributed by atoms with Crippen LogP contribution in [-0.2, 0) is 0 Å². The van der Waals surface area contributed by atoms with Crippen molar-refractivity contribution in [2.45, 2.75) is 0 Å². The van der Waals surface area contributed by atoms with Crippen LogP contribution in [0, 0.1) is 0 Å². The van der Waals surface area contributed by atoms with Gasteiger partial charge in [0.15, 0.2) is 5.82 Å². The summed E-state index contributed by atoms with van der Waals surface area (Å²) in [4.78, 5) is 14.4. The molecule has 0 unspecified atom stereocenters. The molecule has 5 nitrogen and oxygen atoms in total. The second-order valence-corrected chi connectivity index (χ2v) is 12.6. The second-order valence-electron chi connectivity index (χ2n) is 12.6. The normalized spacial score (nSPS) is 16.6. The third-order valence-corrected chi connectivity index (χ3v) is 9.42. The van der Waals surface area contributed by atoms with Gasteiger partial charge in [-0.3, -0.25) is 9.13 Å². The molecule has 3 aromatic heterocycles.